The van der Waals surface area contributed by atoms with Gasteiger partial charge in [-0.2, -0.15) is 0 Å². The van der Waals surface area contributed by atoms with E-state index in [1.165, 1.54) is 0 Å². The van der Waals surface area contributed by atoms with Gasteiger partial charge >= 0.3 is 0 Å². The van der Waals surface area contributed by atoms with Gasteiger partial charge in [0, 0.05) is 5.33 Å². The normalized spacial score (nSPS) is 11.2. The minimum Gasteiger partial charge on any atom is -0.378 e. The topological polar surface area (TPSA) is 92.3 Å². The van der Waals surface area contributed by atoms with Crippen molar-refractivity contribution in [1.29, 1.82) is 0 Å². The first kappa shape index (κ1) is 33.6. The molecule has 0 saturated heterocycles. The van der Waals surface area contributed by atoms with Crippen LogP contribution in [0.5, 0.6) is 0 Å². The summed E-state index contributed by atoms with van der Waals surface area (Å²) in [7, 11) is 0. The maximum Gasteiger partial charge on any atom is 0.107 e. The zero-order valence-electron chi connectivity index (χ0n) is 20.4. The van der Waals surface area contributed by atoms with Gasteiger partial charge in [0.05, 0.1) is 126 Å². The van der Waals surface area contributed by atoms with Crippen LogP contribution in [-0.4, -0.2) is 137 Å². The summed E-state index contributed by atoms with van der Waals surface area (Å²) in [5.74, 6) is 2.39. The minimum atomic E-state index is 0.312. The van der Waals surface area contributed by atoms with E-state index in [1.54, 1.807) is 0 Å². The molecule has 0 saturated carbocycles. The van der Waals surface area contributed by atoms with Crippen molar-refractivity contribution >= 4 is 15.9 Å². The van der Waals surface area contributed by atoms with Crippen LogP contribution < -0.4 is 0 Å². The first-order valence-corrected chi connectivity index (χ1v) is 12.8. The van der Waals surface area contributed by atoms with Crippen LogP contribution in [0.2, 0.25) is 0 Å². The van der Waals surface area contributed by atoms with Crippen molar-refractivity contribution < 1.29 is 47.4 Å². The molecule has 11 heteroatoms. The Labute approximate surface area is 213 Å². The molecule has 0 aliphatic carbocycles. The molecule has 0 rings (SSSR count). The zero-order chi connectivity index (χ0) is 24.6. The van der Waals surface area contributed by atoms with Crippen molar-refractivity contribution in [1.82, 2.24) is 0 Å². The van der Waals surface area contributed by atoms with Gasteiger partial charge in [-0.05, 0) is 0 Å². The average molecular weight is 559 g/mol. The quantitative estimate of drug-likeness (QED) is 0.0726. The lowest BCUT2D eigenvalue weighted by Crippen LogP contribution is -2.15. The van der Waals surface area contributed by atoms with E-state index in [1.807, 2.05) is 0 Å². The number of alkyl halides is 1. The van der Waals surface area contributed by atoms with E-state index in [0.29, 0.717) is 132 Å². The number of hydrogen-bond donors (Lipinski definition) is 0. The third-order valence-electron chi connectivity index (χ3n) is 3.75. The predicted octanol–water partition coefficient (Wildman–Crippen LogP) is 1.18. The largest absolute Gasteiger partial charge is 0.378 e. The maximum atomic E-state index is 5.44. The Bertz CT molecular complexity index is 412. The van der Waals surface area contributed by atoms with Crippen molar-refractivity contribution in [2.75, 3.05) is 137 Å². The van der Waals surface area contributed by atoms with Gasteiger partial charge in [-0.1, -0.05) is 21.9 Å². The number of ether oxygens (including phenoxy) is 10. The summed E-state index contributed by atoms with van der Waals surface area (Å²) in [6.07, 6.45) is 5.07. The third-order valence-corrected chi connectivity index (χ3v) is 4.08. The molecule has 0 spiro atoms. The lowest BCUT2D eigenvalue weighted by Gasteiger charge is -2.08. The Morgan fingerprint density at radius 1 is 0.353 bits per heavy atom. The van der Waals surface area contributed by atoms with E-state index >= 15 is 0 Å². The van der Waals surface area contributed by atoms with Crippen LogP contribution in [0.1, 0.15) is 0 Å². The van der Waals surface area contributed by atoms with E-state index in [0.717, 1.165) is 5.33 Å². The van der Waals surface area contributed by atoms with Crippen molar-refractivity contribution in [3.63, 3.8) is 0 Å². The van der Waals surface area contributed by atoms with Gasteiger partial charge in [0.15, 0.2) is 0 Å². The summed E-state index contributed by atoms with van der Waals surface area (Å²) < 4.78 is 53.6. The Morgan fingerprint density at radius 3 is 0.765 bits per heavy atom. The fourth-order valence-electron chi connectivity index (χ4n) is 2.16. The van der Waals surface area contributed by atoms with Crippen molar-refractivity contribution in [2.45, 2.75) is 0 Å². The highest BCUT2D eigenvalue weighted by Gasteiger charge is 1.95. The van der Waals surface area contributed by atoms with Gasteiger partial charge in [-0.15, -0.1) is 6.42 Å². The van der Waals surface area contributed by atoms with Gasteiger partial charge in [0.2, 0.25) is 0 Å². The molecule has 0 aliphatic rings. The molecule has 0 unspecified atom stereocenters. The molecule has 0 heterocycles. The van der Waals surface area contributed by atoms with Crippen LogP contribution in [0.4, 0.5) is 0 Å². The van der Waals surface area contributed by atoms with Crippen molar-refractivity contribution in [3.05, 3.63) is 0 Å². The molecule has 0 fully saturated rings. The molecular formula is C23H43BrO10. The first-order chi connectivity index (χ1) is 16.9. The van der Waals surface area contributed by atoms with Gasteiger partial charge in [0.1, 0.15) is 6.61 Å². The zero-order valence-corrected chi connectivity index (χ0v) is 22.0. The minimum absolute atomic E-state index is 0.312. The molecule has 34 heavy (non-hydrogen) atoms. The average Bonchev–Trinajstić information content (AvgIpc) is 2.85. The van der Waals surface area contributed by atoms with Crippen molar-refractivity contribution in [3.8, 4) is 12.3 Å². The highest BCUT2D eigenvalue weighted by Crippen LogP contribution is 1.87. The summed E-state index contributed by atoms with van der Waals surface area (Å²) in [5.41, 5.74) is 0. The van der Waals surface area contributed by atoms with Gasteiger partial charge in [0.25, 0.3) is 0 Å². The van der Waals surface area contributed by atoms with E-state index < -0.39 is 0 Å². The molecule has 0 radical (unpaired) electrons. The fraction of sp³-hybridized carbons (Fsp3) is 0.913. The van der Waals surface area contributed by atoms with Crippen molar-refractivity contribution in [2.24, 2.45) is 0 Å². The molecule has 10 nitrogen and oxygen atoms in total. The van der Waals surface area contributed by atoms with Crippen LogP contribution in [0.3, 0.4) is 0 Å². The standard InChI is InChI=1S/C23H43BrO10/c1-2-4-25-6-8-27-10-12-29-14-16-31-18-20-33-22-23-34-21-19-32-17-15-30-13-11-28-9-7-26-5-3-24/h1H,3-23H2. The molecule has 0 aromatic carbocycles. The predicted molar refractivity (Wildman–Crippen MR) is 131 cm³/mol. The Morgan fingerprint density at radius 2 is 0.559 bits per heavy atom. The first-order valence-electron chi connectivity index (χ1n) is 11.7. The van der Waals surface area contributed by atoms with Gasteiger partial charge in [-0.3, -0.25) is 0 Å². The highest BCUT2D eigenvalue weighted by molar-refractivity contribution is 9.09. The lowest BCUT2D eigenvalue weighted by atomic mass is 10.6. The number of rotatable bonds is 30. The molecule has 0 aromatic heterocycles. The molecule has 202 valence electrons. The van der Waals surface area contributed by atoms with E-state index in [-0.39, 0.29) is 0 Å². The van der Waals surface area contributed by atoms with Crippen LogP contribution in [-0.2, 0) is 47.4 Å². The van der Waals surface area contributed by atoms with Crippen LogP contribution in [0.25, 0.3) is 0 Å². The smallest absolute Gasteiger partial charge is 0.107 e. The second-order valence-electron chi connectivity index (χ2n) is 6.46. The van der Waals surface area contributed by atoms with E-state index in [4.69, 9.17) is 53.8 Å². The SMILES string of the molecule is C#CCOCCOCCOCCOCCOCCOCCOCCOCCOCCOCCBr. The summed E-state index contributed by atoms with van der Waals surface area (Å²) in [6.45, 7) is 10.6. The Kier molecular flexibility index (Phi) is 32.3. The Balaban J connectivity index is 3.00. The summed E-state index contributed by atoms with van der Waals surface area (Å²) in [6, 6.07) is 0. The number of hydrogen-bond acceptors (Lipinski definition) is 10. The second kappa shape index (κ2) is 32.6. The number of halogens is 1. The Hall–Kier alpha value is -0.360. The summed E-state index contributed by atoms with van der Waals surface area (Å²) in [4.78, 5) is 0. The molecule has 0 amide bonds. The van der Waals surface area contributed by atoms with Gasteiger partial charge < -0.3 is 47.4 Å². The number of terminal acetylenes is 1. The molecule has 0 atom stereocenters. The lowest BCUT2D eigenvalue weighted by molar-refractivity contribution is -0.0259. The van der Waals surface area contributed by atoms with E-state index in [9.17, 15) is 0 Å². The maximum absolute atomic E-state index is 5.44. The molecule has 0 bridgehead atoms. The van der Waals surface area contributed by atoms with Crippen LogP contribution in [0.15, 0.2) is 0 Å². The highest BCUT2D eigenvalue weighted by atomic mass is 79.9. The fourth-order valence-corrected chi connectivity index (χ4v) is 2.39. The van der Waals surface area contributed by atoms with Gasteiger partial charge in [-0.25, -0.2) is 0 Å². The van der Waals surface area contributed by atoms with Crippen LogP contribution in [0, 0.1) is 12.3 Å². The molecule has 0 N–H and O–H groups in total. The van der Waals surface area contributed by atoms with Crippen LogP contribution >= 0.6 is 15.9 Å². The third kappa shape index (κ3) is 31.6. The monoisotopic (exact) mass is 558 g/mol. The summed E-state index contributed by atoms with van der Waals surface area (Å²) >= 11 is 3.29. The van der Waals surface area contributed by atoms with E-state index in [2.05, 4.69) is 21.9 Å². The second-order valence-corrected chi connectivity index (χ2v) is 7.25. The molecule has 0 aliphatic heterocycles. The molecular weight excluding hydrogens is 516 g/mol. The molecule has 0 aromatic rings. The summed E-state index contributed by atoms with van der Waals surface area (Å²) in [5, 5.41) is 0.840.